The number of alkyl halides is 1. The molecule has 7 N–H and O–H groups in total. The number of aromatic nitrogens is 3. The number of halogens is 1. The fourth-order valence-electron chi connectivity index (χ4n) is 7.19. The molecule has 5 heterocycles. The summed E-state index contributed by atoms with van der Waals surface area (Å²) in [5.74, 6) is -0.682. The normalized spacial score (nSPS) is 20.8. The number of likely N-dealkylation sites (tertiary alicyclic amines) is 2. The Hall–Kier alpha value is -5.44. The van der Waals surface area contributed by atoms with Crippen LogP contribution >= 0.6 is 0 Å². The van der Waals surface area contributed by atoms with E-state index in [1.807, 2.05) is 37.5 Å². The minimum absolute atomic E-state index is 0.0234. The largest absolute Gasteiger partial charge is 0.393 e. The zero-order valence-corrected chi connectivity index (χ0v) is 29.1. The third-order valence-corrected chi connectivity index (χ3v) is 10.3. The number of pyridine rings is 1. The Kier molecular flexibility index (Phi) is 8.81. The molecule has 8 rings (SSSR count). The molecular formula is C37H44FN11O3. The zero-order chi connectivity index (χ0) is 36.1. The SMILES string of the molecule is CN1Cc2c(cnn2C2CN(Cc3cccc(C(=O)N4CC[C@H](F)C4)n3)C2)-c2cccc(NC(/C=C(\N)NC(=O)C3CC3)=C(/N)C(=O)NC3CC3)c21. The molecule has 2 aromatic heterocycles. The number of benzene rings is 1. The van der Waals surface area contributed by atoms with Gasteiger partial charge in [0.15, 0.2) is 0 Å². The molecule has 1 atom stereocenters. The van der Waals surface area contributed by atoms with Crippen LogP contribution in [0.4, 0.5) is 15.8 Å². The van der Waals surface area contributed by atoms with Gasteiger partial charge in [0.1, 0.15) is 23.4 Å². The highest BCUT2D eigenvalue weighted by Gasteiger charge is 2.35. The minimum Gasteiger partial charge on any atom is -0.393 e. The van der Waals surface area contributed by atoms with Gasteiger partial charge in [-0.05, 0) is 50.3 Å². The van der Waals surface area contributed by atoms with Gasteiger partial charge in [-0.25, -0.2) is 9.37 Å². The van der Waals surface area contributed by atoms with Crippen molar-refractivity contribution in [2.45, 2.75) is 63.4 Å². The van der Waals surface area contributed by atoms with Crippen LogP contribution in [0.3, 0.4) is 0 Å². The van der Waals surface area contributed by atoms with E-state index in [1.54, 1.807) is 6.07 Å². The molecule has 2 saturated heterocycles. The Labute approximate surface area is 301 Å². The van der Waals surface area contributed by atoms with Crippen molar-refractivity contribution in [3.05, 3.63) is 83.0 Å². The van der Waals surface area contributed by atoms with Crippen molar-refractivity contribution in [2.24, 2.45) is 17.4 Å². The number of hydrogen-bond acceptors (Lipinski definition) is 10. The first-order valence-corrected chi connectivity index (χ1v) is 18.0. The second-order valence-electron chi connectivity index (χ2n) is 14.6. The van der Waals surface area contributed by atoms with Gasteiger partial charge >= 0.3 is 0 Å². The van der Waals surface area contributed by atoms with Crippen molar-refractivity contribution in [3.63, 3.8) is 0 Å². The molecule has 2 aliphatic carbocycles. The predicted octanol–water partition coefficient (Wildman–Crippen LogP) is 2.32. The highest BCUT2D eigenvalue weighted by Crippen LogP contribution is 2.44. The molecular weight excluding hydrogens is 665 g/mol. The van der Waals surface area contributed by atoms with Gasteiger partial charge in [0.05, 0.1) is 53.8 Å². The topological polar surface area (TPSA) is 180 Å². The van der Waals surface area contributed by atoms with E-state index in [2.05, 4.69) is 41.5 Å². The number of amides is 3. The van der Waals surface area contributed by atoms with Crippen LogP contribution in [0.5, 0.6) is 0 Å². The molecule has 0 bridgehead atoms. The summed E-state index contributed by atoms with van der Waals surface area (Å²) in [7, 11) is 2.01. The lowest BCUT2D eigenvalue weighted by Gasteiger charge is -2.40. The number of nitrogens with two attached hydrogens (primary N) is 2. The molecule has 4 fully saturated rings. The molecule has 3 aliphatic heterocycles. The van der Waals surface area contributed by atoms with Crippen LogP contribution in [0, 0.1) is 5.92 Å². The van der Waals surface area contributed by atoms with E-state index in [4.69, 9.17) is 16.6 Å². The van der Waals surface area contributed by atoms with Gasteiger partial charge < -0.3 is 37.2 Å². The lowest BCUT2D eigenvalue weighted by atomic mass is 9.97. The summed E-state index contributed by atoms with van der Waals surface area (Å²) in [6, 6.07) is 11.7. The number of rotatable bonds is 11. The van der Waals surface area contributed by atoms with E-state index in [9.17, 15) is 18.8 Å². The number of anilines is 2. The van der Waals surface area contributed by atoms with Gasteiger partial charge in [-0.15, -0.1) is 0 Å². The monoisotopic (exact) mass is 709 g/mol. The van der Waals surface area contributed by atoms with Crippen molar-refractivity contribution in [3.8, 4) is 11.1 Å². The maximum Gasteiger partial charge on any atom is 0.272 e. The molecule has 3 amide bonds. The highest BCUT2D eigenvalue weighted by molar-refractivity contribution is 5.96. The van der Waals surface area contributed by atoms with E-state index < -0.39 is 12.1 Å². The van der Waals surface area contributed by atoms with Crippen molar-refractivity contribution >= 4 is 29.1 Å². The van der Waals surface area contributed by atoms with Crippen LogP contribution in [0.25, 0.3) is 11.1 Å². The van der Waals surface area contributed by atoms with Gasteiger partial charge in [-0.2, -0.15) is 5.10 Å². The predicted molar refractivity (Wildman–Crippen MR) is 193 cm³/mol. The summed E-state index contributed by atoms with van der Waals surface area (Å²) in [4.78, 5) is 48.9. The summed E-state index contributed by atoms with van der Waals surface area (Å²) in [6.07, 6.45) is 6.33. The van der Waals surface area contributed by atoms with Gasteiger partial charge in [0.25, 0.3) is 11.8 Å². The number of hydrogen-bond donors (Lipinski definition) is 5. The maximum atomic E-state index is 13.7. The van der Waals surface area contributed by atoms with Crippen molar-refractivity contribution in [1.29, 1.82) is 0 Å². The van der Waals surface area contributed by atoms with E-state index >= 15 is 0 Å². The number of allylic oxidation sites excluding steroid dienone is 1. The Balaban J connectivity index is 0.980. The molecule has 52 heavy (non-hydrogen) atoms. The molecule has 5 aliphatic rings. The van der Waals surface area contributed by atoms with E-state index in [0.717, 1.165) is 72.7 Å². The number of carbonyl (C=O) groups is 3. The number of para-hydroxylation sites is 1. The maximum absolute atomic E-state index is 13.7. The van der Waals surface area contributed by atoms with Crippen LogP contribution < -0.4 is 32.3 Å². The summed E-state index contributed by atoms with van der Waals surface area (Å²) in [5, 5.41) is 13.9. The fraction of sp³-hybridized carbons (Fsp3) is 0.432. The number of fused-ring (bicyclic) bond motifs is 3. The Morgan fingerprint density at radius 1 is 1.00 bits per heavy atom. The molecule has 14 nitrogen and oxygen atoms in total. The smallest absolute Gasteiger partial charge is 0.272 e. The molecule has 0 spiro atoms. The second kappa shape index (κ2) is 13.6. The Bertz CT molecular complexity index is 1980. The number of nitrogens with one attached hydrogen (secondary N) is 3. The summed E-state index contributed by atoms with van der Waals surface area (Å²) in [5.41, 5.74) is 18.8. The Morgan fingerprint density at radius 2 is 1.79 bits per heavy atom. The summed E-state index contributed by atoms with van der Waals surface area (Å²) < 4.78 is 15.8. The van der Waals surface area contributed by atoms with E-state index in [1.165, 1.54) is 11.0 Å². The summed E-state index contributed by atoms with van der Waals surface area (Å²) >= 11 is 0. The average molecular weight is 710 g/mol. The Morgan fingerprint density at radius 3 is 2.52 bits per heavy atom. The average Bonchev–Trinajstić information content (AvgIpc) is 4.04. The minimum atomic E-state index is -0.967. The first-order chi connectivity index (χ1) is 25.1. The first-order valence-electron chi connectivity index (χ1n) is 18.0. The standard InChI is InChI=1S/C37H44FN11O3/c1-46-20-31-27(15-41-49(31)25-18-47(19-25)17-24-4-2-7-29(42-24)37(52)48-13-12-22(38)16-48)26-5-3-6-28(34(26)46)44-30(33(40)36(51)43-23-10-11-23)14-32(39)45-35(50)21-8-9-21/h2-7,14-15,21-23,25,44H,8-13,16-20,39-40H2,1H3,(H,43,51)(H,45,50)/b32-14+,33-30+/t22-/m0/s1. The van der Waals surface area contributed by atoms with E-state index in [0.29, 0.717) is 37.4 Å². The molecule has 272 valence electrons. The van der Waals surface area contributed by atoms with Gasteiger partial charge in [-0.3, -0.25) is 24.0 Å². The summed E-state index contributed by atoms with van der Waals surface area (Å²) in [6.45, 7) is 3.32. The third-order valence-electron chi connectivity index (χ3n) is 10.3. The van der Waals surface area contributed by atoms with Gasteiger partial charge in [0.2, 0.25) is 5.91 Å². The lowest BCUT2D eigenvalue weighted by molar-refractivity contribution is -0.121. The molecule has 1 aromatic carbocycles. The van der Waals surface area contributed by atoms with Gasteiger partial charge in [-0.1, -0.05) is 18.2 Å². The molecule has 3 aromatic rings. The molecule has 2 saturated carbocycles. The van der Waals surface area contributed by atoms with Crippen molar-refractivity contribution < 1.29 is 18.8 Å². The van der Waals surface area contributed by atoms with Crippen molar-refractivity contribution in [1.82, 2.24) is 35.2 Å². The van der Waals surface area contributed by atoms with Crippen molar-refractivity contribution in [2.75, 3.05) is 43.4 Å². The molecule has 0 radical (unpaired) electrons. The number of carbonyl (C=O) groups excluding carboxylic acids is 3. The van der Waals surface area contributed by atoms with Crippen LogP contribution in [-0.4, -0.2) is 87.7 Å². The highest BCUT2D eigenvalue weighted by atomic mass is 19.1. The van der Waals surface area contributed by atoms with Crippen LogP contribution in [0.15, 0.2) is 65.9 Å². The first kappa shape index (κ1) is 33.7. The van der Waals surface area contributed by atoms with Crippen LogP contribution in [-0.2, 0) is 22.7 Å². The number of nitrogens with zero attached hydrogens (tertiary/aromatic N) is 6. The van der Waals surface area contributed by atoms with Crippen LogP contribution in [0.2, 0.25) is 0 Å². The quantitative estimate of drug-likeness (QED) is 0.147. The zero-order valence-electron chi connectivity index (χ0n) is 29.1. The lowest BCUT2D eigenvalue weighted by Crippen LogP contribution is -2.48. The fourth-order valence-corrected chi connectivity index (χ4v) is 7.19. The van der Waals surface area contributed by atoms with Crippen LogP contribution in [0.1, 0.15) is 60.0 Å². The second-order valence-corrected chi connectivity index (χ2v) is 14.6. The van der Waals surface area contributed by atoms with E-state index in [-0.39, 0.29) is 47.9 Å². The molecule has 0 unspecified atom stereocenters. The third kappa shape index (κ3) is 6.92. The molecule has 15 heteroatoms. The van der Waals surface area contributed by atoms with Gasteiger partial charge in [0, 0.05) is 62.4 Å².